The second kappa shape index (κ2) is 11.0. The Labute approximate surface area is 183 Å². The average Bonchev–Trinajstić information content (AvgIpc) is 3.02. The van der Waals surface area contributed by atoms with Gasteiger partial charge in [-0.1, -0.05) is 12.1 Å². The summed E-state index contributed by atoms with van der Waals surface area (Å²) >= 11 is 1.74. The number of amides is 1. The Morgan fingerprint density at radius 1 is 1.33 bits per heavy atom. The number of thioether (sulfide) groups is 1. The zero-order valence-corrected chi connectivity index (χ0v) is 19.9. The van der Waals surface area contributed by atoms with Gasteiger partial charge in [-0.25, -0.2) is 4.79 Å². The molecule has 0 aromatic heterocycles. The highest BCUT2D eigenvalue weighted by atomic mass is 127. The van der Waals surface area contributed by atoms with Gasteiger partial charge in [0.1, 0.15) is 5.60 Å². The van der Waals surface area contributed by atoms with Crippen molar-refractivity contribution in [1.82, 2.24) is 15.5 Å². The van der Waals surface area contributed by atoms with Crippen LogP contribution >= 0.6 is 35.7 Å². The number of nitrogens with zero attached hydrogens (tertiary/aromatic N) is 2. The quantitative estimate of drug-likeness (QED) is 0.282. The molecule has 8 heteroatoms. The fraction of sp³-hybridized carbons (Fsp3) is 0.579. The number of hydrogen-bond donors (Lipinski definition) is 2. The standard InChI is InChI=1S/C19H30N4O2S.HI/c1-19(2,3)25-18(24)22-15-10-11-23(13-15)17(20-4)21-12-14-6-8-16(26-5)9-7-14;/h6-9,15H,10-13H2,1-5H3,(H,20,21)(H,22,24);1H/t15-;/m1./s1. The van der Waals surface area contributed by atoms with Gasteiger partial charge in [0.15, 0.2) is 5.96 Å². The zero-order chi connectivity index (χ0) is 19.2. The Balaban J connectivity index is 0.00000364. The van der Waals surface area contributed by atoms with Crippen molar-refractivity contribution in [3.8, 4) is 0 Å². The van der Waals surface area contributed by atoms with Gasteiger partial charge < -0.3 is 20.3 Å². The number of hydrogen-bond acceptors (Lipinski definition) is 4. The van der Waals surface area contributed by atoms with Crippen LogP contribution in [0.5, 0.6) is 0 Å². The molecule has 0 saturated carbocycles. The highest BCUT2D eigenvalue weighted by Gasteiger charge is 2.27. The zero-order valence-electron chi connectivity index (χ0n) is 16.7. The Morgan fingerprint density at radius 2 is 2.00 bits per heavy atom. The van der Waals surface area contributed by atoms with Gasteiger partial charge in [0.05, 0.1) is 6.04 Å². The van der Waals surface area contributed by atoms with Gasteiger partial charge in [0.2, 0.25) is 0 Å². The van der Waals surface area contributed by atoms with Crippen LogP contribution in [-0.4, -0.2) is 55.0 Å². The molecule has 0 spiro atoms. The average molecular weight is 506 g/mol. The molecule has 6 nitrogen and oxygen atoms in total. The SMILES string of the molecule is CN=C(NCc1ccc(SC)cc1)N1CC[C@@H](NC(=O)OC(C)(C)C)C1.I. The van der Waals surface area contributed by atoms with Crippen LogP contribution in [0.3, 0.4) is 0 Å². The molecule has 2 rings (SSSR count). The molecule has 1 fully saturated rings. The largest absolute Gasteiger partial charge is 0.444 e. The van der Waals surface area contributed by atoms with Crippen molar-refractivity contribution in [2.24, 2.45) is 4.99 Å². The number of benzene rings is 1. The van der Waals surface area contributed by atoms with Crippen molar-refractivity contribution in [3.05, 3.63) is 29.8 Å². The molecular weight excluding hydrogens is 475 g/mol. The van der Waals surface area contributed by atoms with Gasteiger partial charge >= 0.3 is 6.09 Å². The van der Waals surface area contributed by atoms with E-state index in [-0.39, 0.29) is 36.1 Å². The molecule has 0 bridgehead atoms. The summed E-state index contributed by atoms with van der Waals surface area (Å²) in [6, 6.07) is 8.58. The summed E-state index contributed by atoms with van der Waals surface area (Å²) in [5, 5.41) is 6.35. The van der Waals surface area contributed by atoms with E-state index in [1.807, 2.05) is 20.8 Å². The van der Waals surface area contributed by atoms with Crippen molar-refractivity contribution in [1.29, 1.82) is 0 Å². The van der Waals surface area contributed by atoms with Crippen LogP contribution in [0.15, 0.2) is 34.2 Å². The third kappa shape index (κ3) is 8.16. The fourth-order valence-electron chi connectivity index (χ4n) is 2.80. The molecule has 1 heterocycles. The number of nitrogens with one attached hydrogen (secondary N) is 2. The highest BCUT2D eigenvalue weighted by Crippen LogP contribution is 2.15. The molecule has 1 aliphatic heterocycles. The highest BCUT2D eigenvalue weighted by molar-refractivity contribution is 14.0. The maximum Gasteiger partial charge on any atom is 0.407 e. The predicted molar refractivity (Wildman–Crippen MR) is 123 cm³/mol. The van der Waals surface area contributed by atoms with E-state index in [9.17, 15) is 4.79 Å². The topological polar surface area (TPSA) is 66.0 Å². The summed E-state index contributed by atoms with van der Waals surface area (Å²) in [5.41, 5.74) is 0.734. The summed E-state index contributed by atoms with van der Waals surface area (Å²) in [4.78, 5) is 19.7. The number of likely N-dealkylation sites (tertiary alicyclic amines) is 1. The fourth-order valence-corrected chi connectivity index (χ4v) is 3.21. The molecule has 1 atom stereocenters. The van der Waals surface area contributed by atoms with Gasteiger partial charge in [-0.15, -0.1) is 35.7 Å². The first-order chi connectivity index (χ1) is 12.3. The third-order valence-electron chi connectivity index (χ3n) is 4.03. The van der Waals surface area contributed by atoms with E-state index in [1.165, 1.54) is 10.5 Å². The number of alkyl carbamates (subject to hydrolysis) is 1. The third-order valence-corrected chi connectivity index (χ3v) is 4.77. The minimum absolute atomic E-state index is 0. The van der Waals surface area contributed by atoms with Crippen molar-refractivity contribution in [2.45, 2.75) is 50.3 Å². The number of aliphatic imine (C=N–C) groups is 1. The van der Waals surface area contributed by atoms with Crippen molar-refractivity contribution >= 4 is 47.8 Å². The van der Waals surface area contributed by atoms with Gasteiger partial charge in [0.25, 0.3) is 0 Å². The smallest absolute Gasteiger partial charge is 0.407 e. The Hall–Kier alpha value is -1.16. The van der Waals surface area contributed by atoms with Gasteiger partial charge in [-0.3, -0.25) is 4.99 Å². The molecule has 2 N–H and O–H groups in total. The molecule has 0 aliphatic carbocycles. The van der Waals surface area contributed by atoms with Crippen molar-refractivity contribution in [3.63, 3.8) is 0 Å². The number of guanidine groups is 1. The first-order valence-corrected chi connectivity index (χ1v) is 10.1. The van der Waals surface area contributed by atoms with Gasteiger partial charge in [-0.2, -0.15) is 0 Å². The molecule has 1 amide bonds. The number of carbonyl (C=O) groups is 1. The second-order valence-corrected chi connectivity index (χ2v) is 8.21. The molecule has 1 aromatic carbocycles. The van der Waals surface area contributed by atoms with Crippen LogP contribution in [0.1, 0.15) is 32.8 Å². The van der Waals surface area contributed by atoms with E-state index >= 15 is 0 Å². The number of carbonyl (C=O) groups excluding carboxylic acids is 1. The van der Waals surface area contributed by atoms with Crippen LogP contribution < -0.4 is 10.6 Å². The van der Waals surface area contributed by atoms with Crippen LogP contribution in [0, 0.1) is 0 Å². The normalized spacial score (nSPS) is 17.3. The lowest BCUT2D eigenvalue weighted by Crippen LogP contribution is -2.44. The first kappa shape index (κ1) is 23.9. The van der Waals surface area contributed by atoms with Gasteiger partial charge in [-0.05, 0) is 51.1 Å². The van der Waals surface area contributed by atoms with E-state index in [0.29, 0.717) is 0 Å². The molecule has 1 saturated heterocycles. The maximum atomic E-state index is 11.9. The van der Waals surface area contributed by atoms with E-state index in [4.69, 9.17) is 4.74 Å². The summed E-state index contributed by atoms with van der Waals surface area (Å²) in [6.07, 6.45) is 2.59. The minimum atomic E-state index is -0.480. The lowest BCUT2D eigenvalue weighted by molar-refractivity contribution is 0.0507. The molecule has 0 radical (unpaired) electrons. The molecule has 1 aromatic rings. The van der Waals surface area contributed by atoms with E-state index < -0.39 is 5.60 Å². The van der Waals surface area contributed by atoms with E-state index in [2.05, 4.69) is 51.0 Å². The van der Waals surface area contributed by atoms with Crippen LogP contribution in [0.25, 0.3) is 0 Å². The summed E-state index contributed by atoms with van der Waals surface area (Å²) in [7, 11) is 1.79. The summed E-state index contributed by atoms with van der Waals surface area (Å²) < 4.78 is 5.33. The summed E-state index contributed by atoms with van der Waals surface area (Å²) in [6.45, 7) is 7.90. The van der Waals surface area contributed by atoms with Gasteiger partial charge in [0, 0.05) is 31.6 Å². The van der Waals surface area contributed by atoms with E-state index in [1.54, 1.807) is 18.8 Å². The maximum absolute atomic E-state index is 11.9. The number of halogens is 1. The van der Waals surface area contributed by atoms with Crippen molar-refractivity contribution < 1.29 is 9.53 Å². The molecule has 1 aliphatic rings. The van der Waals surface area contributed by atoms with Crippen LogP contribution in [0.4, 0.5) is 4.79 Å². The van der Waals surface area contributed by atoms with Crippen molar-refractivity contribution in [2.75, 3.05) is 26.4 Å². The Bertz CT molecular complexity index is 632. The minimum Gasteiger partial charge on any atom is -0.444 e. The number of ether oxygens (including phenoxy) is 1. The molecule has 152 valence electrons. The lowest BCUT2D eigenvalue weighted by atomic mass is 10.2. The molecule has 27 heavy (non-hydrogen) atoms. The monoisotopic (exact) mass is 506 g/mol. The lowest BCUT2D eigenvalue weighted by Gasteiger charge is -2.23. The number of rotatable bonds is 4. The van der Waals surface area contributed by atoms with E-state index in [0.717, 1.165) is 32.0 Å². The predicted octanol–water partition coefficient (Wildman–Crippen LogP) is 3.70. The Kier molecular flexibility index (Phi) is 9.72. The first-order valence-electron chi connectivity index (χ1n) is 8.89. The molecular formula is C19H31IN4O2S. The van der Waals surface area contributed by atoms with Crippen LogP contribution in [-0.2, 0) is 11.3 Å². The molecule has 0 unspecified atom stereocenters. The Morgan fingerprint density at radius 3 is 2.56 bits per heavy atom. The second-order valence-electron chi connectivity index (χ2n) is 7.33. The summed E-state index contributed by atoms with van der Waals surface area (Å²) in [5.74, 6) is 0.854. The van der Waals surface area contributed by atoms with Crippen LogP contribution in [0.2, 0.25) is 0 Å².